The van der Waals surface area contributed by atoms with Crippen molar-refractivity contribution in [2.75, 3.05) is 11.9 Å². The van der Waals surface area contributed by atoms with E-state index >= 15 is 0 Å². The van der Waals surface area contributed by atoms with Gasteiger partial charge in [0.05, 0.1) is 6.61 Å². The van der Waals surface area contributed by atoms with Gasteiger partial charge in [0.1, 0.15) is 6.04 Å². The molecule has 0 aromatic heterocycles. The van der Waals surface area contributed by atoms with Crippen LogP contribution in [0, 0.1) is 5.92 Å². The van der Waals surface area contributed by atoms with Crippen LogP contribution in [-0.2, 0) is 16.1 Å². The lowest BCUT2D eigenvalue weighted by Gasteiger charge is -2.15. The SMILES string of the molecule is C[C@H](Nc1cccc(COCC2CC2)c1)C(=O)NC(=O)NC1CC1. The molecule has 130 valence electrons. The van der Waals surface area contributed by atoms with E-state index in [0.29, 0.717) is 6.61 Å². The lowest BCUT2D eigenvalue weighted by atomic mass is 10.2. The van der Waals surface area contributed by atoms with Crippen LogP contribution in [0.3, 0.4) is 0 Å². The van der Waals surface area contributed by atoms with Gasteiger partial charge in [-0.25, -0.2) is 4.79 Å². The monoisotopic (exact) mass is 331 g/mol. The summed E-state index contributed by atoms with van der Waals surface area (Å²) >= 11 is 0. The molecule has 0 radical (unpaired) electrons. The first-order valence-corrected chi connectivity index (χ1v) is 8.65. The van der Waals surface area contributed by atoms with E-state index in [9.17, 15) is 9.59 Å². The number of nitrogens with one attached hydrogen (secondary N) is 3. The number of anilines is 1. The maximum absolute atomic E-state index is 12.0. The van der Waals surface area contributed by atoms with Crippen molar-refractivity contribution in [3.63, 3.8) is 0 Å². The van der Waals surface area contributed by atoms with Gasteiger partial charge in [0.25, 0.3) is 0 Å². The van der Waals surface area contributed by atoms with Gasteiger partial charge in [-0.2, -0.15) is 0 Å². The maximum Gasteiger partial charge on any atom is 0.321 e. The van der Waals surface area contributed by atoms with Crippen molar-refractivity contribution in [2.45, 2.75) is 51.3 Å². The number of hydrogen-bond donors (Lipinski definition) is 3. The quantitative estimate of drug-likeness (QED) is 0.683. The lowest BCUT2D eigenvalue weighted by molar-refractivity contribution is -0.120. The van der Waals surface area contributed by atoms with E-state index in [0.717, 1.165) is 36.6 Å². The van der Waals surface area contributed by atoms with E-state index in [2.05, 4.69) is 16.0 Å². The van der Waals surface area contributed by atoms with Gasteiger partial charge in [0.15, 0.2) is 0 Å². The predicted molar refractivity (Wildman–Crippen MR) is 91.6 cm³/mol. The van der Waals surface area contributed by atoms with Gasteiger partial charge in [-0.1, -0.05) is 12.1 Å². The summed E-state index contributed by atoms with van der Waals surface area (Å²) in [5.74, 6) is 0.403. The van der Waals surface area contributed by atoms with Crippen molar-refractivity contribution < 1.29 is 14.3 Å². The fourth-order valence-corrected chi connectivity index (χ4v) is 2.36. The predicted octanol–water partition coefficient (Wildman–Crippen LogP) is 2.40. The summed E-state index contributed by atoms with van der Waals surface area (Å²) in [5.41, 5.74) is 1.91. The zero-order valence-corrected chi connectivity index (χ0v) is 14.0. The molecule has 0 heterocycles. The molecule has 3 rings (SSSR count). The van der Waals surface area contributed by atoms with E-state index < -0.39 is 12.1 Å². The van der Waals surface area contributed by atoms with Crippen molar-refractivity contribution in [3.05, 3.63) is 29.8 Å². The van der Waals surface area contributed by atoms with E-state index in [-0.39, 0.29) is 11.9 Å². The summed E-state index contributed by atoms with van der Waals surface area (Å²) < 4.78 is 5.69. The minimum atomic E-state index is -0.502. The lowest BCUT2D eigenvalue weighted by Crippen LogP contribution is -2.46. The van der Waals surface area contributed by atoms with Crippen LogP contribution < -0.4 is 16.0 Å². The van der Waals surface area contributed by atoms with Gasteiger partial charge >= 0.3 is 6.03 Å². The molecule has 1 atom stereocenters. The molecule has 0 aliphatic heterocycles. The van der Waals surface area contributed by atoms with E-state index in [4.69, 9.17) is 4.74 Å². The number of imide groups is 1. The molecule has 1 aromatic rings. The average Bonchev–Trinajstić information content (AvgIpc) is 3.43. The van der Waals surface area contributed by atoms with Crippen molar-refractivity contribution in [2.24, 2.45) is 5.92 Å². The summed E-state index contributed by atoms with van der Waals surface area (Å²) in [6.07, 6.45) is 4.54. The zero-order chi connectivity index (χ0) is 16.9. The highest BCUT2D eigenvalue weighted by molar-refractivity contribution is 5.98. The van der Waals surface area contributed by atoms with Crippen LogP contribution in [0.5, 0.6) is 0 Å². The van der Waals surface area contributed by atoms with Crippen LogP contribution in [0.2, 0.25) is 0 Å². The van der Waals surface area contributed by atoms with Gasteiger partial charge < -0.3 is 15.4 Å². The summed E-state index contributed by atoms with van der Waals surface area (Å²) in [6.45, 7) is 3.14. The normalized spacial score (nSPS) is 17.9. The van der Waals surface area contributed by atoms with E-state index in [1.807, 2.05) is 24.3 Å². The van der Waals surface area contributed by atoms with Gasteiger partial charge in [-0.05, 0) is 56.2 Å². The molecule has 6 nitrogen and oxygen atoms in total. The number of amides is 3. The first-order chi connectivity index (χ1) is 11.6. The van der Waals surface area contributed by atoms with Crippen molar-refractivity contribution >= 4 is 17.6 Å². The Kier molecular flexibility index (Phi) is 5.35. The highest BCUT2D eigenvalue weighted by Gasteiger charge is 2.25. The Balaban J connectivity index is 1.44. The second kappa shape index (κ2) is 7.66. The Hall–Kier alpha value is -2.08. The minimum absolute atomic E-state index is 0.230. The number of carbonyl (C=O) groups excluding carboxylic acids is 2. The minimum Gasteiger partial charge on any atom is -0.376 e. The molecule has 2 saturated carbocycles. The third-order valence-electron chi connectivity index (χ3n) is 4.17. The second-order valence-corrected chi connectivity index (χ2v) is 6.76. The van der Waals surface area contributed by atoms with Crippen molar-refractivity contribution in [3.8, 4) is 0 Å². The number of hydrogen-bond acceptors (Lipinski definition) is 4. The Morgan fingerprint density at radius 1 is 1.25 bits per heavy atom. The number of benzene rings is 1. The molecular weight excluding hydrogens is 306 g/mol. The van der Waals surface area contributed by atoms with Crippen LogP contribution in [0.25, 0.3) is 0 Å². The molecule has 24 heavy (non-hydrogen) atoms. The molecule has 3 amide bonds. The first kappa shape index (κ1) is 16.8. The van der Waals surface area contributed by atoms with Crippen LogP contribution in [0.15, 0.2) is 24.3 Å². The second-order valence-electron chi connectivity index (χ2n) is 6.76. The van der Waals surface area contributed by atoms with Gasteiger partial charge in [0.2, 0.25) is 5.91 Å². The van der Waals surface area contributed by atoms with Gasteiger partial charge in [0, 0.05) is 18.3 Å². The van der Waals surface area contributed by atoms with E-state index in [1.165, 1.54) is 12.8 Å². The smallest absolute Gasteiger partial charge is 0.321 e. The molecule has 2 aliphatic carbocycles. The average molecular weight is 331 g/mol. The van der Waals surface area contributed by atoms with E-state index in [1.54, 1.807) is 6.92 Å². The van der Waals surface area contributed by atoms with Crippen LogP contribution in [0.4, 0.5) is 10.5 Å². The van der Waals surface area contributed by atoms with Gasteiger partial charge in [-0.15, -0.1) is 0 Å². The van der Waals surface area contributed by atoms with Crippen LogP contribution in [-0.4, -0.2) is 30.6 Å². The molecular formula is C18H25N3O3. The summed E-state index contributed by atoms with van der Waals surface area (Å²) in [6, 6.07) is 7.12. The molecule has 0 saturated heterocycles. The third-order valence-corrected chi connectivity index (χ3v) is 4.17. The first-order valence-electron chi connectivity index (χ1n) is 8.65. The fourth-order valence-electron chi connectivity index (χ4n) is 2.36. The molecule has 6 heteroatoms. The molecule has 2 fully saturated rings. The summed E-state index contributed by atoms with van der Waals surface area (Å²) in [4.78, 5) is 23.6. The van der Waals surface area contributed by atoms with Gasteiger partial charge in [-0.3, -0.25) is 10.1 Å². The summed E-state index contributed by atoms with van der Waals surface area (Å²) in [5, 5.41) is 8.22. The largest absolute Gasteiger partial charge is 0.376 e. The fraction of sp³-hybridized carbons (Fsp3) is 0.556. The molecule has 0 spiro atoms. The molecule has 0 unspecified atom stereocenters. The number of urea groups is 1. The number of carbonyl (C=O) groups is 2. The highest BCUT2D eigenvalue weighted by Crippen LogP contribution is 2.29. The third kappa shape index (κ3) is 5.53. The Morgan fingerprint density at radius 2 is 2.04 bits per heavy atom. The molecule has 0 bridgehead atoms. The molecule has 3 N–H and O–H groups in total. The standard InChI is InChI=1S/C18H25N3O3/c1-12(17(22)21-18(23)20-15-7-8-15)19-16-4-2-3-14(9-16)11-24-10-13-5-6-13/h2-4,9,12-13,15,19H,5-8,10-11H2,1H3,(H2,20,21,22,23)/t12-/m0/s1. The van der Waals surface area contributed by atoms with Crippen LogP contribution in [0.1, 0.15) is 38.2 Å². The number of rotatable bonds is 8. The Bertz CT molecular complexity index is 597. The number of ether oxygens (including phenoxy) is 1. The zero-order valence-electron chi connectivity index (χ0n) is 14.0. The van der Waals surface area contributed by atoms with Crippen molar-refractivity contribution in [1.82, 2.24) is 10.6 Å². The molecule has 2 aliphatic rings. The Morgan fingerprint density at radius 3 is 2.75 bits per heavy atom. The maximum atomic E-state index is 12.0. The van der Waals surface area contributed by atoms with Crippen molar-refractivity contribution in [1.29, 1.82) is 0 Å². The highest BCUT2D eigenvalue weighted by atomic mass is 16.5. The Labute approximate surface area is 142 Å². The molecule has 1 aromatic carbocycles. The topological polar surface area (TPSA) is 79.5 Å². The summed E-state index contributed by atoms with van der Waals surface area (Å²) in [7, 11) is 0. The van der Waals surface area contributed by atoms with Crippen LogP contribution >= 0.6 is 0 Å².